The second kappa shape index (κ2) is 2.14. The zero-order valence-corrected chi connectivity index (χ0v) is 6.73. The van der Waals surface area contributed by atoms with Crippen molar-refractivity contribution in [1.29, 1.82) is 0 Å². The minimum absolute atomic E-state index is 0.0258. The molecule has 52 valence electrons. The average Bonchev–Trinajstić information content (AvgIpc) is 2.03. The predicted molar refractivity (Wildman–Crippen MR) is 43.6 cm³/mol. The molecule has 1 aromatic rings. The lowest BCUT2D eigenvalue weighted by atomic mass is 9.88. The van der Waals surface area contributed by atoms with Gasteiger partial charge in [0.05, 0.1) is 10.8 Å². The van der Waals surface area contributed by atoms with Gasteiger partial charge in [0, 0.05) is 0 Å². The molecule has 1 aliphatic rings. The van der Waals surface area contributed by atoms with Gasteiger partial charge in [-0.05, 0) is 11.1 Å². The van der Waals surface area contributed by atoms with E-state index in [1.807, 2.05) is 24.3 Å². The van der Waals surface area contributed by atoms with Crippen LogP contribution in [0.2, 0.25) is 0 Å². The molecule has 2 unspecified atom stereocenters. The van der Waals surface area contributed by atoms with Gasteiger partial charge in [-0.1, -0.05) is 24.3 Å². The van der Waals surface area contributed by atoms with Gasteiger partial charge < -0.3 is 0 Å². The van der Waals surface area contributed by atoms with Crippen LogP contribution in [0.15, 0.2) is 24.3 Å². The summed E-state index contributed by atoms with van der Waals surface area (Å²) < 4.78 is 0. The lowest BCUT2D eigenvalue weighted by Crippen LogP contribution is -2.14. The molecule has 10 heavy (non-hydrogen) atoms. The minimum Gasteiger partial charge on any atom is -0.116 e. The Hall–Kier alpha value is -0.200. The quantitative estimate of drug-likeness (QED) is 0.528. The van der Waals surface area contributed by atoms with Gasteiger partial charge in [0.25, 0.3) is 0 Å². The van der Waals surface area contributed by atoms with Crippen LogP contribution in [-0.2, 0) is 0 Å². The van der Waals surface area contributed by atoms with E-state index in [2.05, 4.69) is 0 Å². The summed E-state index contributed by atoms with van der Waals surface area (Å²) >= 11 is 11.8. The van der Waals surface area contributed by atoms with Crippen molar-refractivity contribution in [2.24, 2.45) is 0 Å². The molecular formula is C8H6Cl2. The Balaban J connectivity index is 2.50. The van der Waals surface area contributed by atoms with Gasteiger partial charge in [-0.25, -0.2) is 0 Å². The molecule has 2 atom stereocenters. The molecule has 0 spiro atoms. The third-order valence-electron chi connectivity index (χ3n) is 1.85. The second-order valence-corrected chi connectivity index (χ2v) is 3.37. The van der Waals surface area contributed by atoms with Crippen molar-refractivity contribution < 1.29 is 0 Å². The Morgan fingerprint density at radius 1 is 0.900 bits per heavy atom. The Bertz CT molecular complexity index is 230. The van der Waals surface area contributed by atoms with E-state index in [1.165, 1.54) is 11.1 Å². The zero-order chi connectivity index (χ0) is 7.14. The van der Waals surface area contributed by atoms with Gasteiger partial charge >= 0.3 is 0 Å². The van der Waals surface area contributed by atoms with Crippen LogP contribution >= 0.6 is 23.2 Å². The van der Waals surface area contributed by atoms with E-state index in [-0.39, 0.29) is 10.8 Å². The van der Waals surface area contributed by atoms with Crippen LogP contribution in [-0.4, -0.2) is 0 Å². The summed E-state index contributed by atoms with van der Waals surface area (Å²) in [6.07, 6.45) is 0. The molecule has 0 nitrogen and oxygen atoms in total. The van der Waals surface area contributed by atoms with E-state index in [0.717, 1.165) is 0 Å². The first kappa shape index (κ1) is 6.51. The fraction of sp³-hybridized carbons (Fsp3) is 0.250. The van der Waals surface area contributed by atoms with Crippen molar-refractivity contribution in [1.82, 2.24) is 0 Å². The molecule has 0 aliphatic heterocycles. The number of hydrogen-bond acceptors (Lipinski definition) is 0. The summed E-state index contributed by atoms with van der Waals surface area (Å²) in [4.78, 5) is 0. The van der Waals surface area contributed by atoms with E-state index in [9.17, 15) is 0 Å². The van der Waals surface area contributed by atoms with Crippen LogP contribution in [0.5, 0.6) is 0 Å². The van der Waals surface area contributed by atoms with Crippen LogP contribution in [0.1, 0.15) is 21.9 Å². The standard InChI is InChI=1S/C8H6Cl2/c9-7-5-3-1-2-4-6(5)8(7)10/h1-4,7-8H. The van der Waals surface area contributed by atoms with Crippen LogP contribution in [0.3, 0.4) is 0 Å². The fourth-order valence-electron chi connectivity index (χ4n) is 1.23. The van der Waals surface area contributed by atoms with E-state index >= 15 is 0 Å². The molecule has 0 fully saturated rings. The molecule has 1 aliphatic carbocycles. The number of hydrogen-bond donors (Lipinski definition) is 0. The maximum atomic E-state index is 5.90. The van der Waals surface area contributed by atoms with Crippen molar-refractivity contribution in [2.45, 2.75) is 10.8 Å². The second-order valence-electron chi connectivity index (χ2n) is 2.43. The first-order chi connectivity index (χ1) is 4.80. The van der Waals surface area contributed by atoms with Gasteiger partial charge in [0.2, 0.25) is 0 Å². The Labute approximate surface area is 69.8 Å². The Kier molecular flexibility index (Phi) is 1.40. The normalized spacial score (nSPS) is 29.0. The van der Waals surface area contributed by atoms with Crippen molar-refractivity contribution >= 4 is 23.2 Å². The highest BCUT2D eigenvalue weighted by Crippen LogP contribution is 2.51. The number of rotatable bonds is 0. The van der Waals surface area contributed by atoms with E-state index in [1.54, 1.807) is 0 Å². The largest absolute Gasteiger partial charge is 0.116 e. The van der Waals surface area contributed by atoms with Gasteiger partial charge in [-0.15, -0.1) is 23.2 Å². The molecule has 0 heterocycles. The summed E-state index contributed by atoms with van der Waals surface area (Å²) in [7, 11) is 0. The molecule has 0 aromatic heterocycles. The van der Waals surface area contributed by atoms with Crippen LogP contribution < -0.4 is 0 Å². The van der Waals surface area contributed by atoms with Gasteiger partial charge in [-0.2, -0.15) is 0 Å². The molecule has 0 saturated carbocycles. The molecular weight excluding hydrogens is 167 g/mol. The van der Waals surface area contributed by atoms with Gasteiger partial charge in [-0.3, -0.25) is 0 Å². The highest BCUT2D eigenvalue weighted by atomic mass is 35.5. The summed E-state index contributed by atoms with van der Waals surface area (Å²) in [6.45, 7) is 0. The number of alkyl halides is 2. The summed E-state index contributed by atoms with van der Waals surface area (Å²) in [5.41, 5.74) is 2.37. The first-order valence-electron chi connectivity index (χ1n) is 3.17. The summed E-state index contributed by atoms with van der Waals surface area (Å²) in [5.74, 6) is 0. The molecule has 0 amide bonds. The van der Waals surface area contributed by atoms with E-state index < -0.39 is 0 Å². The van der Waals surface area contributed by atoms with Crippen molar-refractivity contribution in [3.63, 3.8) is 0 Å². The van der Waals surface area contributed by atoms with Crippen molar-refractivity contribution in [2.75, 3.05) is 0 Å². The molecule has 0 saturated heterocycles. The fourth-order valence-corrected chi connectivity index (χ4v) is 1.90. The molecule has 2 heteroatoms. The summed E-state index contributed by atoms with van der Waals surface area (Å²) in [5, 5.41) is 0.0516. The van der Waals surface area contributed by atoms with Crippen LogP contribution in [0.4, 0.5) is 0 Å². The SMILES string of the molecule is ClC1c2ccccc2C1Cl. The maximum absolute atomic E-state index is 5.90. The van der Waals surface area contributed by atoms with Crippen molar-refractivity contribution in [3.8, 4) is 0 Å². The molecule has 0 radical (unpaired) electrons. The van der Waals surface area contributed by atoms with Gasteiger partial charge in [0.1, 0.15) is 0 Å². The minimum atomic E-state index is 0.0258. The maximum Gasteiger partial charge on any atom is 0.0793 e. The highest BCUT2D eigenvalue weighted by Gasteiger charge is 2.33. The Morgan fingerprint density at radius 2 is 1.30 bits per heavy atom. The highest BCUT2D eigenvalue weighted by molar-refractivity contribution is 6.32. The van der Waals surface area contributed by atoms with Crippen LogP contribution in [0, 0.1) is 0 Å². The number of halogens is 2. The monoisotopic (exact) mass is 172 g/mol. The lowest BCUT2D eigenvalue weighted by Gasteiger charge is -2.30. The van der Waals surface area contributed by atoms with E-state index in [4.69, 9.17) is 23.2 Å². The molecule has 2 rings (SSSR count). The smallest absolute Gasteiger partial charge is 0.0793 e. The third kappa shape index (κ3) is 0.694. The molecule has 0 N–H and O–H groups in total. The van der Waals surface area contributed by atoms with Crippen LogP contribution in [0.25, 0.3) is 0 Å². The average molecular weight is 173 g/mol. The van der Waals surface area contributed by atoms with Crippen molar-refractivity contribution in [3.05, 3.63) is 35.4 Å². The zero-order valence-electron chi connectivity index (χ0n) is 5.22. The molecule has 0 bridgehead atoms. The first-order valence-corrected chi connectivity index (χ1v) is 4.05. The van der Waals surface area contributed by atoms with Gasteiger partial charge in [0.15, 0.2) is 0 Å². The number of fused-ring (bicyclic) bond motifs is 1. The Morgan fingerprint density at radius 3 is 1.70 bits per heavy atom. The lowest BCUT2D eigenvalue weighted by molar-refractivity contribution is 0.770. The molecule has 1 aromatic carbocycles. The summed E-state index contributed by atoms with van der Waals surface area (Å²) in [6, 6.07) is 8.01. The predicted octanol–water partition coefficient (Wildman–Crippen LogP) is 3.26. The van der Waals surface area contributed by atoms with E-state index in [0.29, 0.717) is 0 Å². The number of benzene rings is 1. The third-order valence-corrected chi connectivity index (χ3v) is 2.95. The topological polar surface area (TPSA) is 0 Å².